The molecular formula is C25H22F6N4O4. The molecule has 1 aromatic carbocycles. The van der Waals surface area contributed by atoms with Crippen molar-refractivity contribution in [2.75, 3.05) is 6.61 Å². The second-order valence-electron chi connectivity index (χ2n) is 10.4. The molecule has 2 aromatic heterocycles. The van der Waals surface area contributed by atoms with Crippen molar-refractivity contribution in [1.29, 1.82) is 0 Å². The third-order valence-corrected chi connectivity index (χ3v) is 7.84. The zero-order valence-electron chi connectivity index (χ0n) is 20.2. The first-order chi connectivity index (χ1) is 18.3. The molecule has 3 aromatic rings. The van der Waals surface area contributed by atoms with Gasteiger partial charge in [0.05, 0.1) is 29.3 Å². The lowest BCUT2D eigenvalue weighted by atomic mass is 9.71. The van der Waals surface area contributed by atoms with Crippen LogP contribution < -0.4 is 5.32 Å². The van der Waals surface area contributed by atoms with Gasteiger partial charge >= 0.3 is 12.5 Å². The van der Waals surface area contributed by atoms with E-state index in [1.807, 2.05) is 0 Å². The molecule has 208 valence electrons. The van der Waals surface area contributed by atoms with Crippen LogP contribution in [0.15, 0.2) is 34.7 Å². The summed E-state index contributed by atoms with van der Waals surface area (Å²) in [5, 5.41) is 11.4. The van der Waals surface area contributed by atoms with Gasteiger partial charge in [-0.1, -0.05) is 6.07 Å². The van der Waals surface area contributed by atoms with Crippen molar-refractivity contribution in [3.8, 4) is 0 Å². The van der Waals surface area contributed by atoms with E-state index in [1.165, 1.54) is 18.2 Å². The highest BCUT2D eigenvalue weighted by Crippen LogP contribution is 2.50. The van der Waals surface area contributed by atoms with Crippen LogP contribution in [0.1, 0.15) is 72.3 Å². The van der Waals surface area contributed by atoms with E-state index in [-0.39, 0.29) is 53.7 Å². The molecule has 0 atom stereocenters. The SMILES string of the molecule is O=C(NC12CCC(c3nnc([C@H]4C[C@@H](OC(F)(F)F)C4)o3)(CC1)OC2)c1ccc2cc(C(F)(F)F)ccc2n1. The van der Waals surface area contributed by atoms with E-state index in [9.17, 15) is 31.1 Å². The Bertz CT molecular complexity index is 1390. The number of halogens is 6. The Hall–Kier alpha value is -3.26. The van der Waals surface area contributed by atoms with Gasteiger partial charge in [-0.3, -0.25) is 9.53 Å². The number of rotatable bonds is 5. The number of carbonyl (C=O) groups excluding carboxylic acids is 1. The van der Waals surface area contributed by atoms with E-state index in [0.717, 1.165) is 12.1 Å². The quantitative estimate of drug-likeness (QED) is 0.421. The Morgan fingerprint density at radius 2 is 1.74 bits per heavy atom. The molecule has 1 amide bonds. The largest absolute Gasteiger partial charge is 0.522 e. The second-order valence-corrected chi connectivity index (χ2v) is 10.4. The molecule has 0 spiro atoms. The fourth-order valence-electron chi connectivity index (χ4n) is 5.50. The average molecular weight is 556 g/mol. The zero-order chi connectivity index (χ0) is 27.6. The maximum Gasteiger partial charge on any atom is 0.522 e. The van der Waals surface area contributed by atoms with Gasteiger partial charge in [-0.25, -0.2) is 4.98 Å². The Morgan fingerprint density at radius 1 is 1.00 bits per heavy atom. The number of hydrogen-bond donors (Lipinski definition) is 1. The fourth-order valence-corrected chi connectivity index (χ4v) is 5.50. The summed E-state index contributed by atoms with van der Waals surface area (Å²) in [6.07, 6.45) is -7.77. The first-order valence-electron chi connectivity index (χ1n) is 12.4. The van der Waals surface area contributed by atoms with E-state index in [0.29, 0.717) is 25.7 Å². The molecule has 2 bridgehead atoms. The first-order valence-corrected chi connectivity index (χ1v) is 12.4. The summed E-state index contributed by atoms with van der Waals surface area (Å²) in [7, 11) is 0. The molecule has 14 heteroatoms. The van der Waals surface area contributed by atoms with Gasteiger partial charge in [-0.15, -0.1) is 23.4 Å². The molecule has 7 rings (SSSR count). The number of hydrogen-bond acceptors (Lipinski definition) is 7. The second kappa shape index (κ2) is 8.88. The Labute approximate surface area is 217 Å². The van der Waals surface area contributed by atoms with E-state index in [2.05, 4.69) is 25.2 Å². The van der Waals surface area contributed by atoms with E-state index < -0.39 is 41.3 Å². The van der Waals surface area contributed by atoms with Crippen LogP contribution in [-0.4, -0.2) is 45.7 Å². The molecule has 1 N–H and O–H groups in total. The molecule has 4 heterocycles. The third kappa shape index (κ3) is 4.95. The molecule has 39 heavy (non-hydrogen) atoms. The van der Waals surface area contributed by atoms with Gasteiger partial charge in [0.2, 0.25) is 11.8 Å². The van der Waals surface area contributed by atoms with Crippen molar-refractivity contribution in [1.82, 2.24) is 20.5 Å². The average Bonchev–Trinajstić information content (AvgIpc) is 3.36. The zero-order valence-corrected chi connectivity index (χ0v) is 20.2. The minimum absolute atomic E-state index is 0.0777. The summed E-state index contributed by atoms with van der Waals surface area (Å²) in [6.45, 7) is 0.171. The van der Waals surface area contributed by atoms with Crippen molar-refractivity contribution in [3.05, 3.63) is 53.4 Å². The fraction of sp³-hybridized carbons (Fsp3) is 0.520. The summed E-state index contributed by atoms with van der Waals surface area (Å²) in [6, 6.07) is 5.96. The molecule has 0 unspecified atom stereocenters. The lowest BCUT2D eigenvalue weighted by molar-refractivity contribution is -0.352. The van der Waals surface area contributed by atoms with Crippen molar-refractivity contribution in [2.45, 2.75) is 74.2 Å². The number of aromatic nitrogens is 3. The molecular weight excluding hydrogens is 534 g/mol. The number of carbonyl (C=O) groups is 1. The van der Waals surface area contributed by atoms with Gasteiger partial charge in [-0.05, 0) is 62.8 Å². The van der Waals surface area contributed by atoms with Gasteiger partial charge in [0.1, 0.15) is 11.3 Å². The first kappa shape index (κ1) is 26.0. The van der Waals surface area contributed by atoms with Crippen LogP contribution in [0.3, 0.4) is 0 Å². The van der Waals surface area contributed by atoms with Crippen LogP contribution in [0.25, 0.3) is 10.9 Å². The predicted octanol–water partition coefficient (Wildman–Crippen LogP) is 5.39. The highest BCUT2D eigenvalue weighted by Gasteiger charge is 2.54. The topological polar surface area (TPSA) is 99.4 Å². The number of ether oxygens (including phenoxy) is 2. The smallest absolute Gasteiger partial charge is 0.422 e. The van der Waals surface area contributed by atoms with Crippen LogP contribution in [0.5, 0.6) is 0 Å². The molecule has 4 fully saturated rings. The van der Waals surface area contributed by atoms with Gasteiger partial charge in [0, 0.05) is 11.3 Å². The summed E-state index contributed by atoms with van der Waals surface area (Å²) in [4.78, 5) is 17.3. The molecule has 4 aliphatic rings. The van der Waals surface area contributed by atoms with Gasteiger partial charge < -0.3 is 14.5 Å². The predicted molar refractivity (Wildman–Crippen MR) is 120 cm³/mol. The lowest BCUT2D eigenvalue weighted by Crippen LogP contribution is -2.62. The van der Waals surface area contributed by atoms with Crippen LogP contribution in [0, 0.1) is 0 Å². The van der Waals surface area contributed by atoms with Crippen LogP contribution in [0.2, 0.25) is 0 Å². The normalized spacial score (nSPS) is 28.9. The van der Waals surface area contributed by atoms with Gasteiger partial charge in [0.15, 0.2) is 0 Å². The molecule has 8 nitrogen and oxygen atoms in total. The molecule has 2 aliphatic heterocycles. The van der Waals surface area contributed by atoms with Gasteiger partial charge in [0.25, 0.3) is 5.91 Å². The van der Waals surface area contributed by atoms with Crippen molar-refractivity contribution < 1.29 is 45.0 Å². The summed E-state index contributed by atoms with van der Waals surface area (Å²) in [5.41, 5.74) is -1.94. The maximum atomic E-state index is 13.0. The van der Waals surface area contributed by atoms with Crippen molar-refractivity contribution >= 4 is 16.8 Å². The standard InChI is InChI=1S/C25H22F6N4O4/c26-24(27,28)15-2-4-17-13(9-15)1-3-18(32-17)19(36)33-22-5-7-23(8-6-22,37-12-22)21-35-34-20(38-21)14-10-16(11-14)39-25(29,30)31/h1-4,9,14,16H,5-8,10-12H2,(H,33,36)/t14-,16+,22?,23?. The summed E-state index contributed by atoms with van der Waals surface area (Å²) < 4.78 is 92.0. The van der Waals surface area contributed by atoms with Crippen molar-refractivity contribution in [2.24, 2.45) is 0 Å². The number of nitrogens with zero attached hydrogens (tertiary/aromatic N) is 3. The molecule has 2 aliphatic carbocycles. The van der Waals surface area contributed by atoms with E-state index in [4.69, 9.17) is 9.15 Å². The number of fused-ring (bicyclic) bond motifs is 4. The highest BCUT2D eigenvalue weighted by atomic mass is 19.4. The number of benzene rings is 1. The minimum Gasteiger partial charge on any atom is -0.422 e. The van der Waals surface area contributed by atoms with Crippen LogP contribution >= 0.6 is 0 Å². The van der Waals surface area contributed by atoms with Crippen LogP contribution in [-0.2, 0) is 21.3 Å². The number of amides is 1. The summed E-state index contributed by atoms with van der Waals surface area (Å²) >= 11 is 0. The Kier molecular flexibility index (Phi) is 5.92. The minimum atomic E-state index is -4.68. The number of nitrogens with one attached hydrogen (secondary N) is 1. The Morgan fingerprint density at radius 3 is 2.38 bits per heavy atom. The number of pyridine rings is 1. The molecule has 2 saturated carbocycles. The van der Waals surface area contributed by atoms with Gasteiger partial charge in [-0.2, -0.15) is 13.2 Å². The van der Waals surface area contributed by atoms with E-state index >= 15 is 0 Å². The monoisotopic (exact) mass is 556 g/mol. The van der Waals surface area contributed by atoms with Crippen molar-refractivity contribution in [3.63, 3.8) is 0 Å². The summed E-state index contributed by atoms with van der Waals surface area (Å²) in [5.74, 6) is -0.247. The number of alkyl halides is 6. The van der Waals surface area contributed by atoms with Crippen LogP contribution in [0.4, 0.5) is 26.3 Å². The Balaban J connectivity index is 1.09. The maximum absolute atomic E-state index is 13.0. The molecule has 2 saturated heterocycles. The third-order valence-electron chi connectivity index (χ3n) is 7.84. The molecule has 0 radical (unpaired) electrons. The van der Waals surface area contributed by atoms with E-state index in [1.54, 1.807) is 0 Å². The highest BCUT2D eigenvalue weighted by molar-refractivity contribution is 5.95. The lowest BCUT2D eigenvalue weighted by Gasteiger charge is -2.51.